The number of benzene rings is 1. The third-order valence-electron chi connectivity index (χ3n) is 3.30. The van der Waals surface area contributed by atoms with E-state index in [1.54, 1.807) is 18.7 Å². The normalized spacial score (nSPS) is 10.9. The molecule has 0 radical (unpaired) electrons. The van der Waals surface area contributed by atoms with Crippen LogP contribution in [0.5, 0.6) is 0 Å². The third kappa shape index (κ3) is 2.04. The Balaban J connectivity index is 2.14. The van der Waals surface area contributed by atoms with E-state index in [1.165, 1.54) is 11.1 Å². The van der Waals surface area contributed by atoms with Crippen LogP contribution < -0.4 is 5.73 Å². The van der Waals surface area contributed by atoms with Crippen LogP contribution in [0.25, 0.3) is 16.9 Å². The average Bonchev–Trinajstić information content (AvgIpc) is 2.82. The second-order valence-electron chi connectivity index (χ2n) is 4.66. The van der Waals surface area contributed by atoms with Gasteiger partial charge in [0.25, 0.3) is 0 Å². The molecule has 0 fully saturated rings. The van der Waals surface area contributed by atoms with Crippen LogP contribution >= 0.6 is 12.2 Å². The summed E-state index contributed by atoms with van der Waals surface area (Å²) in [6.07, 6.45) is 4.96. The minimum Gasteiger partial charge on any atom is -0.388 e. The van der Waals surface area contributed by atoms with Crippen molar-refractivity contribution in [1.29, 1.82) is 0 Å². The number of rotatable bonds is 2. The number of aryl methyl sites for hydroxylation is 2. The number of nitrogens with two attached hydrogens (primary N) is 1. The Kier molecular flexibility index (Phi) is 2.94. The van der Waals surface area contributed by atoms with E-state index < -0.39 is 0 Å². The molecule has 0 saturated carbocycles. The van der Waals surface area contributed by atoms with Gasteiger partial charge in [0.2, 0.25) is 0 Å². The summed E-state index contributed by atoms with van der Waals surface area (Å²) in [5, 5.41) is 0. The van der Waals surface area contributed by atoms with Crippen LogP contribution in [0, 0.1) is 13.8 Å². The Labute approximate surface area is 121 Å². The quantitative estimate of drug-likeness (QED) is 0.729. The van der Waals surface area contributed by atoms with Gasteiger partial charge in [-0.15, -0.1) is 0 Å². The van der Waals surface area contributed by atoms with Crippen LogP contribution in [-0.2, 0) is 0 Å². The Morgan fingerprint density at radius 2 is 1.85 bits per heavy atom. The Morgan fingerprint density at radius 3 is 2.50 bits per heavy atom. The molecule has 6 heteroatoms. The molecule has 0 bridgehead atoms. The molecule has 5 nitrogen and oxygen atoms in total. The average molecular weight is 283 g/mol. The molecular weight excluding hydrogens is 270 g/mol. The number of fused-ring (bicyclic) bond motifs is 1. The van der Waals surface area contributed by atoms with Gasteiger partial charge in [0.1, 0.15) is 17.0 Å². The Hall–Kier alpha value is -2.34. The highest BCUT2D eigenvalue weighted by molar-refractivity contribution is 7.80. The Bertz CT molecular complexity index is 804. The van der Waals surface area contributed by atoms with Crippen molar-refractivity contribution < 1.29 is 0 Å². The van der Waals surface area contributed by atoms with Crippen LogP contribution in [0.3, 0.4) is 0 Å². The van der Waals surface area contributed by atoms with E-state index >= 15 is 0 Å². The summed E-state index contributed by atoms with van der Waals surface area (Å²) in [6, 6.07) is 4.17. The molecule has 3 aromatic rings. The summed E-state index contributed by atoms with van der Waals surface area (Å²) in [6.45, 7) is 4.15. The van der Waals surface area contributed by atoms with E-state index in [0.29, 0.717) is 11.5 Å². The number of imidazole rings is 1. The highest BCUT2D eigenvalue weighted by Crippen LogP contribution is 2.20. The van der Waals surface area contributed by atoms with E-state index in [2.05, 4.69) is 40.9 Å². The summed E-state index contributed by atoms with van der Waals surface area (Å²) in [5.74, 6) is 0.691. The first-order chi connectivity index (χ1) is 9.56. The highest BCUT2D eigenvalue weighted by Gasteiger charge is 2.08. The van der Waals surface area contributed by atoms with Gasteiger partial charge in [-0.2, -0.15) is 0 Å². The predicted octanol–water partition coefficient (Wildman–Crippen LogP) is 2.07. The van der Waals surface area contributed by atoms with E-state index in [-0.39, 0.29) is 4.99 Å². The highest BCUT2D eigenvalue weighted by atomic mass is 32.1. The first kappa shape index (κ1) is 12.7. The van der Waals surface area contributed by atoms with Crippen LogP contribution in [-0.4, -0.2) is 24.5 Å². The van der Waals surface area contributed by atoms with Crippen LogP contribution in [0.4, 0.5) is 0 Å². The fourth-order valence-electron chi connectivity index (χ4n) is 2.02. The van der Waals surface area contributed by atoms with Crippen molar-refractivity contribution in [3.63, 3.8) is 0 Å². The molecule has 0 aliphatic heterocycles. The summed E-state index contributed by atoms with van der Waals surface area (Å²) in [7, 11) is 0. The maximum Gasteiger partial charge on any atom is 0.156 e. The van der Waals surface area contributed by atoms with Crippen LogP contribution in [0.1, 0.15) is 16.8 Å². The molecule has 0 amide bonds. The molecule has 2 N–H and O–H groups in total. The standard InChI is InChI=1S/C14H13N5S/c1-8-3-10-12(4-9(8)2)19(7-18-10)13-6-16-11(5-17-13)14(15)20/h3-7H,1-2H3,(H2,15,20). The molecular formula is C14H13N5S. The van der Waals surface area contributed by atoms with Crippen molar-refractivity contribution in [3.8, 4) is 5.82 Å². The number of nitrogens with zero attached hydrogens (tertiary/aromatic N) is 4. The molecule has 0 aliphatic rings. The molecule has 3 rings (SSSR count). The van der Waals surface area contributed by atoms with Crippen molar-refractivity contribution in [3.05, 3.63) is 47.7 Å². The monoisotopic (exact) mass is 283 g/mol. The lowest BCUT2D eigenvalue weighted by atomic mass is 10.1. The molecule has 0 unspecified atom stereocenters. The van der Waals surface area contributed by atoms with Crippen LogP contribution in [0.2, 0.25) is 0 Å². The Morgan fingerprint density at radius 1 is 1.10 bits per heavy atom. The van der Waals surface area contributed by atoms with Crippen molar-refractivity contribution in [2.75, 3.05) is 0 Å². The molecule has 0 aliphatic carbocycles. The zero-order valence-electron chi connectivity index (χ0n) is 11.2. The summed E-state index contributed by atoms with van der Waals surface area (Å²) >= 11 is 4.87. The maximum atomic E-state index is 5.52. The minimum absolute atomic E-state index is 0.242. The molecule has 0 spiro atoms. The van der Waals surface area contributed by atoms with Gasteiger partial charge in [-0.1, -0.05) is 12.2 Å². The molecule has 2 aromatic heterocycles. The molecule has 1 aromatic carbocycles. The second kappa shape index (κ2) is 4.64. The number of aromatic nitrogens is 4. The van der Waals surface area contributed by atoms with Gasteiger partial charge in [-0.3, -0.25) is 4.57 Å². The van der Waals surface area contributed by atoms with E-state index in [0.717, 1.165) is 11.0 Å². The smallest absolute Gasteiger partial charge is 0.156 e. The van der Waals surface area contributed by atoms with Gasteiger partial charge in [0.05, 0.1) is 23.4 Å². The lowest BCUT2D eigenvalue weighted by Gasteiger charge is -2.05. The first-order valence-electron chi connectivity index (χ1n) is 6.13. The van der Waals surface area contributed by atoms with Gasteiger partial charge >= 0.3 is 0 Å². The molecule has 20 heavy (non-hydrogen) atoms. The minimum atomic E-state index is 0.242. The first-order valence-corrected chi connectivity index (χ1v) is 6.53. The molecule has 2 heterocycles. The van der Waals surface area contributed by atoms with E-state index in [9.17, 15) is 0 Å². The summed E-state index contributed by atoms with van der Waals surface area (Å²) < 4.78 is 1.90. The third-order valence-corrected chi connectivity index (χ3v) is 3.51. The number of hydrogen-bond donors (Lipinski definition) is 1. The largest absolute Gasteiger partial charge is 0.388 e. The summed E-state index contributed by atoms with van der Waals surface area (Å²) in [5.41, 5.74) is 10.4. The number of thiocarbonyl (C=S) groups is 1. The lowest BCUT2D eigenvalue weighted by Crippen LogP contribution is -2.12. The van der Waals surface area contributed by atoms with Gasteiger partial charge in [-0.05, 0) is 37.1 Å². The fraction of sp³-hybridized carbons (Fsp3) is 0.143. The van der Waals surface area contributed by atoms with Crippen molar-refractivity contribution in [1.82, 2.24) is 19.5 Å². The SMILES string of the molecule is Cc1cc2ncn(-c3cnc(C(N)=S)cn3)c2cc1C. The van der Waals surface area contributed by atoms with Crippen molar-refractivity contribution in [2.45, 2.75) is 13.8 Å². The van der Waals surface area contributed by atoms with Crippen molar-refractivity contribution in [2.24, 2.45) is 5.73 Å². The summed E-state index contributed by atoms with van der Waals surface area (Å²) in [4.78, 5) is 13.2. The van der Waals surface area contributed by atoms with Gasteiger partial charge in [-0.25, -0.2) is 15.0 Å². The molecule has 100 valence electrons. The molecule has 0 atom stereocenters. The zero-order valence-corrected chi connectivity index (χ0v) is 12.0. The van der Waals surface area contributed by atoms with Gasteiger partial charge in [0, 0.05) is 0 Å². The lowest BCUT2D eigenvalue weighted by molar-refractivity contribution is 0.991. The van der Waals surface area contributed by atoms with E-state index in [4.69, 9.17) is 18.0 Å². The van der Waals surface area contributed by atoms with Crippen molar-refractivity contribution >= 4 is 28.2 Å². The van der Waals surface area contributed by atoms with Gasteiger partial charge < -0.3 is 5.73 Å². The zero-order chi connectivity index (χ0) is 14.3. The fourth-order valence-corrected chi connectivity index (χ4v) is 2.13. The maximum absolute atomic E-state index is 5.52. The number of hydrogen-bond acceptors (Lipinski definition) is 4. The van der Waals surface area contributed by atoms with Gasteiger partial charge in [0.15, 0.2) is 5.82 Å². The predicted molar refractivity (Wildman–Crippen MR) is 82.0 cm³/mol. The van der Waals surface area contributed by atoms with E-state index in [1.807, 2.05) is 4.57 Å². The second-order valence-corrected chi connectivity index (χ2v) is 5.10. The molecule has 0 saturated heterocycles. The van der Waals surface area contributed by atoms with Crippen LogP contribution in [0.15, 0.2) is 30.9 Å². The topological polar surface area (TPSA) is 69.6 Å².